The van der Waals surface area contributed by atoms with Gasteiger partial charge in [0.15, 0.2) is 0 Å². The smallest absolute Gasteiger partial charge is 0.0645 e. The molecule has 1 aliphatic carbocycles. The maximum absolute atomic E-state index is 10.1. The number of aliphatic hydroxyl groups is 1. The van der Waals surface area contributed by atoms with E-state index in [2.05, 4.69) is 35.4 Å². The fraction of sp³-hybridized carbons (Fsp3) is 0.500. The summed E-state index contributed by atoms with van der Waals surface area (Å²) >= 11 is 0. The normalized spacial score (nSPS) is 22.1. The van der Waals surface area contributed by atoms with E-state index >= 15 is 0 Å². The molecule has 0 aliphatic heterocycles. The van der Waals surface area contributed by atoms with Crippen LogP contribution in [0.5, 0.6) is 0 Å². The summed E-state index contributed by atoms with van der Waals surface area (Å²) in [4.78, 5) is 2.30. The molecule has 0 bridgehead atoms. The van der Waals surface area contributed by atoms with Crippen molar-refractivity contribution in [3.8, 4) is 5.69 Å². The Hall–Kier alpha value is -1.65. The zero-order chi connectivity index (χ0) is 15.4. The van der Waals surface area contributed by atoms with Gasteiger partial charge in [-0.2, -0.15) is 5.10 Å². The number of benzene rings is 1. The average Bonchev–Trinajstić information content (AvgIpc) is 2.99. The molecule has 1 heterocycles. The third-order valence-corrected chi connectivity index (χ3v) is 4.52. The molecule has 4 nitrogen and oxygen atoms in total. The SMILES string of the molecule is CN(Cc1cnn(-c2ccccc2)c1)CC1CCCCC1O. The zero-order valence-corrected chi connectivity index (χ0v) is 13.2. The van der Waals surface area contributed by atoms with Crippen LogP contribution in [0, 0.1) is 5.92 Å². The van der Waals surface area contributed by atoms with E-state index in [1.807, 2.05) is 29.1 Å². The van der Waals surface area contributed by atoms with Gasteiger partial charge in [-0.3, -0.25) is 0 Å². The number of aromatic nitrogens is 2. The number of para-hydroxylation sites is 1. The fourth-order valence-corrected chi connectivity index (χ4v) is 3.34. The van der Waals surface area contributed by atoms with Crippen LogP contribution >= 0.6 is 0 Å². The highest BCUT2D eigenvalue weighted by Crippen LogP contribution is 2.25. The van der Waals surface area contributed by atoms with E-state index in [-0.39, 0.29) is 6.10 Å². The highest BCUT2D eigenvalue weighted by atomic mass is 16.3. The largest absolute Gasteiger partial charge is 0.393 e. The minimum absolute atomic E-state index is 0.122. The third-order valence-electron chi connectivity index (χ3n) is 4.52. The van der Waals surface area contributed by atoms with Gasteiger partial charge >= 0.3 is 0 Å². The molecule has 2 aromatic rings. The van der Waals surface area contributed by atoms with Gasteiger partial charge in [0, 0.05) is 24.8 Å². The van der Waals surface area contributed by atoms with Crippen molar-refractivity contribution >= 4 is 0 Å². The Morgan fingerprint density at radius 1 is 1.23 bits per heavy atom. The summed E-state index contributed by atoms with van der Waals surface area (Å²) in [5.41, 5.74) is 2.29. The summed E-state index contributed by atoms with van der Waals surface area (Å²) in [7, 11) is 2.13. The van der Waals surface area contributed by atoms with E-state index in [1.54, 1.807) is 0 Å². The Balaban J connectivity index is 1.58. The summed E-state index contributed by atoms with van der Waals surface area (Å²) in [6.45, 7) is 1.83. The molecule has 1 aromatic heterocycles. The second-order valence-corrected chi connectivity index (χ2v) is 6.44. The minimum atomic E-state index is -0.122. The van der Waals surface area contributed by atoms with Crippen LogP contribution in [0.15, 0.2) is 42.7 Å². The van der Waals surface area contributed by atoms with E-state index < -0.39 is 0 Å². The molecule has 1 fully saturated rings. The van der Waals surface area contributed by atoms with Crippen molar-refractivity contribution in [3.05, 3.63) is 48.3 Å². The van der Waals surface area contributed by atoms with Gasteiger partial charge in [0.2, 0.25) is 0 Å². The Morgan fingerprint density at radius 3 is 2.77 bits per heavy atom. The molecule has 1 saturated carbocycles. The standard InChI is InChI=1S/C18H25N3O/c1-20(14-16-7-5-6-10-18(16)22)12-15-11-19-21(13-15)17-8-3-2-4-9-17/h2-4,8-9,11,13,16,18,22H,5-7,10,12,14H2,1H3. The molecule has 0 amide bonds. The zero-order valence-electron chi connectivity index (χ0n) is 13.2. The van der Waals surface area contributed by atoms with E-state index in [0.29, 0.717) is 5.92 Å². The summed E-state index contributed by atoms with van der Waals surface area (Å²) in [6, 6.07) is 10.2. The van der Waals surface area contributed by atoms with Gasteiger partial charge in [0.1, 0.15) is 0 Å². The molecule has 0 radical (unpaired) electrons. The first-order chi connectivity index (χ1) is 10.7. The van der Waals surface area contributed by atoms with Crippen LogP contribution in [0.1, 0.15) is 31.2 Å². The molecule has 1 aromatic carbocycles. The summed E-state index contributed by atoms with van der Waals surface area (Å²) in [5.74, 6) is 0.419. The lowest BCUT2D eigenvalue weighted by Crippen LogP contribution is -2.34. The Kier molecular flexibility index (Phi) is 4.90. The van der Waals surface area contributed by atoms with Crippen molar-refractivity contribution in [2.24, 2.45) is 5.92 Å². The minimum Gasteiger partial charge on any atom is -0.393 e. The van der Waals surface area contributed by atoms with Crippen LogP contribution in [0.4, 0.5) is 0 Å². The first-order valence-corrected chi connectivity index (χ1v) is 8.18. The van der Waals surface area contributed by atoms with E-state index in [4.69, 9.17) is 0 Å². The topological polar surface area (TPSA) is 41.3 Å². The molecule has 1 N–H and O–H groups in total. The highest BCUT2D eigenvalue weighted by molar-refractivity contribution is 5.30. The number of aliphatic hydroxyl groups excluding tert-OH is 1. The van der Waals surface area contributed by atoms with Crippen LogP contribution in [0.25, 0.3) is 5.69 Å². The average molecular weight is 299 g/mol. The lowest BCUT2D eigenvalue weighted by molar-refractivity contribution is 0.0502. The van der Waals surface area contributed by atoms with Gasteiger partial charge in [0.25, 0.3) is 0 Å². The van der Waals surface area contributed by atoms with Gasteiger partial charge in [0.05, 0.1) is 18.0 Å². The number of hydrogen-bond donors (Lipinski definition) is 1. The summed E-state index contributed by atoms with van der Waals surface area (Å²) in [6.07, 6.45) is 8.43. The van der Waals surface area contributed by atoms with Crippen molar-refractivity contribution in [2.45, 2.75) is 38.3 Å². The Bertz CT molecular complexity index is 581. The molecular weight excluding hydrogens is 274 g/mol. The Morgan fingerprint density at radius 2 is 2.00 bits per heavy atom. The maximum Gasteiger partial charge on any atom is 0.0645 e. The van der Waals surface area contributed by atoms with Crippen LogP contribution in [-0.2, 0) is 6.54 Å². The van der Waals surface area contributed by atoms with Gasteiger partial charge in [-0.15, -0.1) is 0 Å². The summed E-state index contributed by atoms with van der Waals surface area (Å²) < 4.78 is 1.92. The molecule has 1 aliphatic rings. The molecule has 22 heavy (non-hydrogen) atoms. The van der Waals surface area contributed by atoms with Gasteiger partial charge in [-0.05, 0) is 37.9 Å². The van der Waals surface area contributed by atoms with Crippen molar-refractivity contribution in [1.29, 1.82) is 0 Å². The van der Waals surface area contributed by atoms with Gasteiger partial charge in [-0.25, -0.2) is 4.68 Å². The fourth-order valence-electron chi connectivity index (χ4n) is 3.34. The monoisotopic (exact) mass is 299 g/mol. The van der Waals surface area contributed by atoms with Crippen molar-refractivity contribution in [3.63, 3.8) is 0 Å². The van der Waals surface area contributed by atoms with E-state index in [0.717, 1.165) is 31.6 Å². The van der Waals surface area contributed by atoms with Crippen LogP contribution < -0.4 is 0 Å². The van der Waals surface area contributed by atoms with Crippen LogP contribution in [0.2, 0.25) is 0 Å². The third kappa shape index (κ3) is 3.76. The van der Waals surface area contributed by atoms with Crippen molar-refractivity contribution in [2.75, 3.05) is 13.6 Å². The summed E-state index contributed by atoms with van der Waals surface area (Å²) in [5, 5.41) is 14.5. The Labute approximate surface area is 132 Å². The second kappa shape index (κ2) is 7.07. The molecule has 0 spiro atoms. The van der Waals surface area contributed by atoms with E-state index in [9.17, 15) is 5.11 Å². The molecule has 2 unspecified atom stereocenters. The predicted octanol–water partition coefficient (Wildman–Crippen LogP) is 2.86. The van der Waals surface area contributed by atoms with Gasteiger partial charge in [-0.1, -0.05) is 31.0 Å². The number of hydrogen-bond acceptors (Lipinski definition) is 3. The van der Waals surface area contributed by atoms with Crippen LogP contribution in [0.3, 0.4) is 0 Å². The molecule has 0 saturated heterocycles. The first-order valence-electron chi connectivity index (χ1n) is 8.18. The second-order valence-electron chi connectivity index (χ2n) is 6.44. The lowest BCUT2D eigenvalue weighted by Gasteiger charge is -2.31. The van der Waals surface area contributed by atoms with Crippen molar-refractivity contribution < 1.29 is 5.11 Å². The lowest BCUT2D eigenvalue weighted by atomic mass is 9.86. The molecule has 2 atom stereocenters. The quantitative estimate of drug-likeness (QED) is 0.923. The number of rotatable bonds is 5. The van der Waals surface area contributed by atoms with E-state index in [1.165, 1.54) is 18.4 Å². The van der Waals surface area contributed by atoms with Crippen molar-refractivity contribution in [1.82, 2.24) is 14.7 Å². The molecular formula is C18H25N3O. The maximum atomic E-state index is 10.1. The predicted molar refractivity (Wildman–Crippen MR) is 87.9 cm³/mol. The molecule has 3 rings (SSSR count). The molecule has 4 heteroatoms. The van der Waals surface area contributed by atoms with Gasteiger partial charge < -0.3 is 10.0 Å². The number of nitrogens with zero attached hydrogens (tertiary/aromatic N) is 3. The first kappa shape index (κ1) is 15.3. The highest BCUT2D eigenvalue weighted by Gasteiger charge is 2.24. The van der Waals surface area contributed by atoms with Crippen LogP contribution in [-0.4, -0.2) is 39.5 Å². The molecule has 118 valence electrons.